The lowest BCUT2D eigenvalue weighted by molar-refractivity contribution is 0.882. The first kappa shape index (κ1) is 13.0. The molecule has 1 atom stereocenters. The first-order valence-corrected chi connectivity index (χ1v) is 6.53. The number of hydrogen-bond donors (Lipinski definition) is 1. The van der Waals surface area contributed by atoms with Gasteiger partial charge in [0.15, 0.2) is 0 Å². The second kappa shape index (κ2) is 5.45. The van der Waals surface area contributed by atoms with Crippen molar-refractivity contribution in [1.29, 1.82) is 0 Å². The molecule has 2 aromatic carbocycles. The summed E-state index contributed by atoms with van der Waals surface area (Å²) in [5, 5.41) is 4.24. The van der Waals surface area contributed by atoms with Crippen LogP contribution in [-0.4, -0.2) is 0 Å². The SMILES string of the molecule is Cc1ccc(C(C)Nc2ccc(Cl)cc2)cc1C. The molecule has 2 heteroatoms. The van der Waals surface area contributed by atoms with Crippen LogP contribution < -0.4 is 5.32 Å². The van der Waals surface area contributed by atoms with Crippen LogP contribution in [0.3, 0.4) is 0 Å². The van der Waals surface area contributed by atoms with Gasteiger partial charge in [-0.1, -0.05) is 29.8 Å². The normalized spacial score (nSPS) is 12.2. The van der Waals surface area contributed by atoms with Crippen LogP contribution in [0.15, 0.2) is 42.5 Å². The van der Waals surface area contributed by atoms with Crippen LogP contribution >= 0.6 is 11.6 Å². The molecule has 0 spiro atoms. The largest absolute Gasteiger partial charge is 0.379 e. The van der Waals surface area contributed by atoms with Gasteiger partial charge >= 0.3 is 0 Å². The van der Waals surface area contributed by atoms with E-state index in [-0.39, 0.29) is 6.04 Å². The van der Waals surface area contributed by atoms with E-state index in [1.165, 1.54) is 16.7 Å². The molecular formula is C16H18ClN. The molecule has 0 radical (unpaired) electrons. The minimum atomic E-state index is 0.283. The second-order valence-electron chi connectivity index (χ2n) is 4.72. The quantitative estimate of drug-likeness (QED) is 0.806. The maximum absolute atomic E-state index is 5.88. The average Bonchev–Trinajstić information content (AvgIpc) is 2.35. The number of benzene rings is 2. The minimum Gasteiger partial charge on any atom is -0.379 e. The van der Waals surface area contributed by atoms with Gasteiger partial charge in [0, 0.05) is 16.8 Å². The van der Waals surface area contributed by atoms with E-state index < -0.39 is 0 Å². The van der Waals surface area contributed by atoms with Gasteiger partial charge in [0.05, 0.1) is 0 Å². The van der Waals surface area contributed by atoms with Crippen molar-refractivity contribution in [3.8, 4) is 0 Å². The number of nitrogens with one attached hydrogen (secondary N) is 1. The van der Waals surface area contributed by atoms with E-state index in [1.54, 1.807) is 0 Å². The number of rotatable bonds is 3. The van der Waals surface area contributed by atoms with Gasteiger partial charge in [-0.05, 0) is 61.7 Å². The van der Waals surface area contributed by atoms with E-state index in [2.05, 4.69) is 44.3 Å². The fourth-order valence-corrected chi connectivity index (χ4v) is 2.04. The van der Waals surface area contributed by atoms with Gasteiger partial charge in [0.25, 0.3) is 0 Å². The Labute approximate surface area is 114 Å². The maximum atomic E-state index is 5.88. The fraction of sp³-hybridized carbons (Fsp3) is 0.250. The summed E-state index contributed by atoms with van der Waals surface area (Å²) < 4.78 is 0. The highest BCUT2D eigenvalue weighted by Crippen LogP contribution is 2.22. The summed E-state index contributed by atoms with van der Waals surface area (Å²) in [6, 6.07) is 14.7. The summed E-state index contributed by atoms with van der Waals surface area (Å²) in [4.78, 5) is 0. The molecule has 1 unspecified atom stereocenters. The molecule has 0 fully saturated rings. The van der Waals surface area contributed by atoms with Crippen LogP contribution in [0.1, 0.15) is 29.7 Å². The third-order valence-corrected chi connectivity index (χ3v) is 3.51. The molecule has 2 rings (SSSR count). The Bertz CT molecular complexity index is 531. The van der Waals surface area contributed by atoms with Crippen LogP contribution in [0.25, 0.3) is 0 Å². The summed E-state index contributed by atoms with van der Waals surface area (Å²) in [5.41, 5.74) is 5.05. The van der Waals surface area contributed by atoms with Crippen molar-refractivity contribution >= 4 is 17.3 Å². The molecule has 2 aromatic rings. The Balaban J connectivity index is 2.13. The highest BCUT2D eigenvalue weighted by Gasteiger charge is 2.06. The van der Waals surface area contributed by atoms with Crippen molar-refractivity contribution in [2.45, 2.75) is 26.8 Å². The summed E-state index contributed by atoms with van der Waals surface area (Å²) in [6.45, 7) is 6.45. The van der Waals surface area contributed by atoms with Crippen LogP contribution in [0.2, 0.25) is 5.02 Å². The molecule has 1 nitrogen and oxygen atoms in total. The van der Waals surface area contributed by atoms with Gasteiger partial charge in [-0.2, -0.15) is 0 Å². The van der Waals surface area contributed by atoms with E-state index in [1.807, 2.05) is 24.3 Å². The van der Waals surface area contributed by atoms with E-state index in [0.29, 0.717) is 0 Å². The van der Waals surface area contributed by atoms with Gasteiger partial charge in [-0.3, -0.25) is 0 Å². The summed E-state index contributed by atoms with van der Waals surface area (Å²) in [6.07, 6.45) is 0. The molecule has 0 amide bonds. The van der Waals surface area contributed by atoms with Gasteiger partial charge < -0.3 is 5.32 Å². The van der Waals surface area contributed by atoms with Gasteiger partial charge in [-0.15, -0.1) is 0 Å². The van der Waals surface area contributed by atoms with Crippen molar-refractivity contribution in [3.05, 3.63) is 64.2 Å². The van der Waals surface area contributed by atoms with Crippen LogP contribution in [0.5, 0.6) is 0 Å². The monoisotopic (exact) mass is 259 g/mol. The summed E-state index contributed by atoms with van der Waals surface area (Å²) in [7, 11) is 0. The first-order chi connectivity index (χ1) is 8.56. The average molecular weight is 260 g/mol. The number of hydrogen-bond acceptors (Lipinski definition) is 1. The molecule has 18 heavy (non-hydrogen) atoms. The Morgan fingerprint density at radius 3 is 2.22 bits per heavy atom. The highest BCUT2D eigenvalue weighted by atomic mass is 35.5. The zero-order valence-corrected chi connectivity index (χ0v) is 11.8. The number of anilines is 1. The predicted octanol–water partition coefficient (Wildman–Crippen LogP) is 5.13. The first-order valence-electron chi connectivity index (χ1n) is 6.15. The Hall–Kier alpha value is -1.47. The van der Waals surface area contributed by atoms with Crippen molar-refractivity contribution in [3.63, 3.8) is 0 Å². The van der Waals surface area contributed by atoms with Crippen molar-refractivity contribution in [1.82, 2.24) is 0 Å². The molecule has 0 saturated heterocycles. The van der Waals surface area contributed by atoms with Crippen molar-refractivity contribution in [2.24, 2.45) is 0 Å². The lowest BCUT2D eigenvalue weighted by Crippen LogP contribution is -2.06. The smallest absolute Gasteiger partial charge is 0.0485 e. The lowest BCUT2D eigenvalue weighted by atomic mass is 10.0. The van der Waals surface area contributed by atoms with E-state index in [9.17, 15) is 0 Å². The molecule has 0 bridgehead atoms. The third-order valence-electron chi connectivity index (χ3n) is 3.26. The molecule has 0 aliphatic rings. The van der Waals surface area contributed by atoms with Gasteiger partial charge in [0.1, 0.15) is 0 Å². The fourth-order valence-electron chi connectivity index (χ4n) is 1.91. The molecule has 0 aromatic heterocycles. The molecule has 0 heterocycles. The third kappa shape index (κ3) is 3.05. The highest BCUT2D eigenvalue weighted by molar-refractivity contribution is 6.30. The van der Waals surface area contributed by atoms with Gasteiger partial charge in [0.2, 0.25) is 0 Å². The van der Waals surface area contributed by atoms with E-state index in [0.717, 1.165) is 10.7 Å². The van der Waals surface area contributed by atoms with E-state index in [4.69, 9.17) is 11.6 Å². The van der Waals surface area contributed by atoms with E-state index >= 15 is 0 Å². The number of halogens is 1. The molecular weight excluding hydrogens is 242 g/mol. The minimum absolute atomic E-state index is 0.283. The maximum Gasteiger partial charge on any atom is 0.0485 e. The topological polar surface area (TPSA) is 12.0 Å². The van der Waals surface area contributed by atoms with Crippen LogP contribution in [0.4, 0.5) is 5.69 Å². The molecule has 0 aliphatic carbocycles. The molecule has 94 valence electrons. The zero-order chi connectivity index (χ0) is 13.1. The Kier molecular flexibility index (Phi) is 3.93. The zero-order valence-electron chi connectivity index (χ0n) is 11.0. The van der Waals surface area contributed by atoms with Gasteiger partial charge in [-0.25, -0.2) is 0 Å². The molecule has 1 N–H and O–H groups in total. The van der Waals surface area contributed by atoms with Crippen molar-refractivity contribution < 1.29 is 0 Å². The number of aryl methyl sites for hydroxylation is 2. The Morgan fingerprint density at radius 1 is 0.944 bits per heavy atom. The molecule has 0 aliphatic heterocycles. The summed E-state index contributed by atoms with van der Waals surface area (Å²) in [5.74, 6) is 0. The van der Waals surface area contributed by atoms with Crippen LogP contribution in [0, 0.1) is 13.8 Å². The Morgan fingerprint density at radius 2 is 1.61 bits per heavy atom. The second-order valence-corrected chi connectivity index (χ2v) is 5.15. The molecule has 0 saturated carbocycles. The lowest BCUT2D eigenvalue weighted by Gasteiger charge is -2.17. The van der Waals surface area contributed by atoms with Crippen LogP contribution in [-0.2, 0) is 0 Å². The van der Waals surface area contributed by atoms with Crippen molar-refractivity contribution in [2.75, 3.05) is 5.32 Å². The predicted molar refractivity (Wildman–Crippen MR) is 79.4 cm³/mol. The summed E-state index contributed by atoms with van der Waals surface area (Å²) >= 11 is 5.88. The standard InChI is InChI=1S/C16H18ClN/c1-11-4-5-14(10-12(11)2)13(3)18-16-8-6-15(17)7-9-16/h4-10,13,18H,1-3H3.